The highest BCUT2D eigenvalue weighted by atomic mass is 35.5. The van der Waals surface area contributed by atoms with E-state index in [1.165, 1.54) is 11.1 Å². The van der Waals surface area contributed by atoms with Gasteiger partial charge in [-0.05, 0) is 66.5 Å². The summed E-state index contributed by atoms with van der Waals surface area (Å²) in [5.74, 6) is 0.965. The molecule has 0 radical (unpaired) electrons. The van der Waals surface area contributed by atoms with Gasteiger partial charge in [0, 0.05) is 11.1 Å². The molecule has 0 saturated carbocycles. The van der Waals surface area contributed by atoms with Gasteiger partial charge in [-0.25, -0.2) is 4.39 Å². The predicted octanol–water partition coefficient (Wildman–Crippen LogP) is 8.58. The number of allylic oxidation sites excluding steroid dienone is 3. The van der Waals surface area contributed by atoms with Crippen molar-refractivity contribution in [3.63, 3.8) is 0 Å². The maximum atomic E-state index is 15.2. The van der Waals surface area contributed by atoms with Crippen LogP contribution in [-0.4, -0.2) is 6.61 Å². The molecular weight excluding hydrogens is 407 g/mol. The first-order valence-corrected chi connectivity index (χ1v) is 11.1. The molecule has 1 unspecified atom stereocenters. The highest BCUT2D eigenvalue weighted by Gasteiger charge is 2.16. The van der Waals surface area contributed by atoms with Crippen molar-refractivity contribution in [2.75, 3.05) is 6.61 Å². The molecule has 1 atom stereocenters. The summed E-state index contributed by atoms with van der Waals surface area (Å²) in [4.78, 5) is 0. The lowest BCUT2D eigenvalue weighted by Crippen LogP contribution is -2.02. The lowest BCUT2D eigenvalue weighted by atomic mass is 9.86. The van der Waals surface area contributed by atoms with Crippen molar-refractivity contribution < 1.29 is 9.13 Å². The van der Waals surface area contributed by atoms with E-state index in [4.69, 9.17) is 16.3 Å². The summed E-state index contributed by atoms with van der Waals surface area (Å²) in [6.07, 6.45) is 7.56. The summed E-state index contributed by atoms with van der Waals surface area (Å²) in [5.41, 5.74) is 5.41. The highest BCUT2D eigenvalue weighted by molar-refractivity contribution is 6.33. The second kappa shape index (κ2) is 9.53. The van der Waals surface area contributed by atoms with Crippen LogP contribution in [0, 0.1) is 11.7 Å². The lowest BCUT2D eigenvalue weighted by molar-refractivity contribution is 0.340. The highest BCUT2D eigenvalue weighted by Crippen LogP contribution is 2.37. The number of benzene rings is 3. The van der Waals surface area contributed by atoms with Gasteiger partial charge in [0.25, 0.3) is 0 Å². The molecular formula is C28H26ClFO. The average Bonchev–Trinajstić information content (AvgIpc) is 2.82. The maximum absolute atomic E-state index is 15.2. The quantitative estimate of drug-likeness (QED) is 0.354. The summed E-state index contributed by atoms with van der Waals surface area (Å²) in [6, 6.07) is 19.3. The summed E-state index contributed by atoms with van der Waals surface area (Å²) in [5, 5.41) is 0.135. The molecule has 3 heteroatoms. The Labute approximate surface area is 188 Å². The van der Waals surface area contributed by atoms with Crippen LogP contribution in [0.5, 0.6) is 5.75 Å². The van der Waals surface area contributed by atoms with E-state index in [1.807, 2.05) is 55.5 Å². The predicted molar refractivity (Wildman–Crippen MR) is 129 cm³/mol. The standard InChI is InChI=1S/C28H26ClFO/c1-3-19-5-7-20(8-6-19)21-9-11-23(12-10-21)26-18-17-25(27(29)28(26)30)22-13-15-24(16-14-22)31-4-2/h3,7,9-19H,1,4-6,8H2,2H3. The van der Waals surface area contributed by atoms with E-state index in [0.29, 0.717) is 23.7 Å². The van der Waals surface area contributed by atoms with Gasteiger partial charge >= 0.3 is 0 Å². The molecule has 3 aromatic rings. The topological polar surface area (TPSA) is 9.23 Å². The minimum atomic E-state index is -0.397. The Hall–Kier alpha value is -2.84. The fourth-order valence-electron chi connectivity index (χ4n) is 4.09. The summed E-state index contributed by atoms with van der Waals surface area (Å²) in [7, 11) is 0. The molecule has 0 amide bonds. The number of ether oxygens (including phenoxy) is 1. The van der Waals surface area contributed by atoms with E-state index < -0.39 is 5.82 Å². The monoisotopic (exact) mass is 432 g/mol. The van der Waals surface area contributed by atoms with E-state index in [-0.39, 0.29) is 5.02 Å². The molecule has 0 N–H and O–H groups in total. The van der Waals surface area contributed by atoms with Gasteiger partial charge in [-0.3, -0.25) is 0 Å². The fraction of sp³-hybridized carbons (Fsp3) is 0.214. The van der Waals surface area contributed by atoms with Crippen LogP contribution in [0.15, 0.2) is 79.4 Å². The van der Waals surface area contributed by atoms with Crippen molar-refractivity contribution >= 4 is 17.2 Å². The molecule has 31 heavy (non-hydrogen) atoms. The number of rotatable bonds is 6. The fourth-order valence-corrected chi connectivity index (χ4v) is 4.36. The van der Waals surface area contributed by atoms with Crippen molar-refractivity contribution in [2.45, 2.75) is 26.2 Å². The Kier molecular flexibility index (Phi) is 6.58. The van der Waals surface area contributed by atoms with Gasteiger partial charge in [0.1, 0.15) is 11.6 Å². The molecule has 1 nitrogen and oxygen atoms in total. The third kappa shape index (κ3) is 4.60. The average molecular weight is 433 g/mol. The first-order valence-electron chi connectivity index (χ1n) is 10.7. The van der Waals surface area contributed by atoms with Crippen molar-refractivity contribution in [3.05, 3.63) is 95.8 Å². The Bertz CT molecular complexity index is 1100. The maximum Gasteiger partial charge on any atom is 0.150 e. The smallest absolute Gasteiger partial charge is 0.150 e. The van der Waals surface area contributed by atoms with Crippen molar-refractivity contribution in [1.29, 1.82) is 0 Å². The number of hydrogen-bond donors (Lipinski definition) is 0. The van der Waals surface area contributed by atoms with E-state index in [9.17, 15) is 0 Å². The zero-order valence-corrected chi connectivity index (χ0v) is 18.5. The third-order valence-electron chi connectivity index (χ3n) is 5.91. The minimum absolute atomic E-state index is 0.135. The Balaban J connectivity index is 1.58. The van der Waals surface area contributed by atoms with E-state index in [2.05, 4.69) is 24.8 Å². The molecule has 158 valence electrons. The molecule has 0 spiro atoms. The SMILES string of the molecule is C=CC1CC=C(c2ccc(-c3ccc(-c4ccc(OCC)cc4)c(Cl)c3F)cc2)CC1. The van der Waals surface area contributed by atoms with E-state index in [0.717, 1.165) is 36.1 Å². The summed E-state index contributed by atoms with van der Waals surface area (Å²) < 4.78 is 20.7. The van der Waals surface area contributed by atoms with Gasteiger partial charge in [-0.15, -0.1) is 6.58 Å². The molecule has 1 aliphatic carbocycles. The lowest BCUT2D eigenvalue weighted by Gasteiger charge is -2.19. The molecule has 1 aliphatic rings. The van der Waals surface area contributed by atoms with Crippen LogP contribution in [0.1, 0.15) is 31.7 Å². The molecule has 0 bridgehead atoms. The first-order chi connectivity index (χ1) is 15.1. The normalized spacial score (nSPS) is 16.0. The van der Waals surface area contributed by atoms with Crippen LogP contribution in [0.25, 0.3) is 27.8 Å². The van der Waals surface area contributed by atoms with Gasteiger partial charge in [-0.2, -0.15) is 0 Å². The van der Waals surface area contributed by atoms with E-state index in [1.54, 1.807) is 6.07 Å². The molecule has 0 heterocycles. The van der Waals surface area contributed by atoms with Crippen LogP contribution in [0.3, 0.4) is 0 Å². The Morgan fingerprint density at radius 2 is 1.58 bits per heavy atom. The van der Waals surface area contributed by atoms with Gasteiger partial charge in [0.2, 0.25) is 0 Å². The van der Waals surface area contributed by atoms with Gasteiger partial charge in [-0.1, -0.05) is 72.3 Å². The van der Waals surface area contributed by atoms with Gasteiger partial charge in [0.15, 0.2) is 0 Å². The summed E-state index contributed by atoms with van der Waals surface area (Å²) in [6.45, 7) is 6.44. The van der Waals surface area contributed by atoms with Crippen LogP contribution in [-0.2, 0) is 0 Å². The minimum Gasteiger partial charge on any atom is -0.494 e. The second-order valence-corrected chi connectivity index (χ2v) is 8.20. The second-order valence-electron chi connectivity index (χ2n) is 7.82. The Morgan fingerprint density at radius 1 is 0.968 bits per heavy atom. The number of halogens is 2. The Morgan fingerprint density at radius 3 is 2.19 bits per heavy atom. The first kappa shape index (κ1) is 21.4. The largest absolute Gasteiger partial charge is 0.494 e. The van der Waals surface area contributed by atoms with Crippen LogP contribution in [0.4, 0.5) is 4.39 Å². The third-order valence-corrected chi connectivity index (χ3v) is 6.28. The van der Waals surface area contributed by atoms with Gasteiger partial charge < -0.3 is 4.74 Å². The zero-order chi connectivity index (χ0) is 21.8. The molecule has 3 aromatic carbocycles. The molecule has 4 rings (SSSR count). The zero-order valence-electron chi connectivity index (χ0n) is 17.7. The molecule has 0 aromatic heterocycles. The van der Waals surface area contributed by atoms with Crippen LogP contribution >= 0.6 is 11.6 Å². The van der Waals surface area contributed by atoms with Crippen molar-refractivity contribution in [2.24, 2.45) is 5.92 Å². The molecule has 0 saturated heterocycles. The number of hydrogen-bond acceptors (Lipinski definition) is 1. The molecule has 0 fully saturated rings. The van der Waals surface area contributed by atoms with Crippen LogP contribution in [0.2, 0.25) is 5.02 Å². The molecule has 0 aliphatic heterocycles. The van der Waals surface area contributed by atoms with E-state index >= 15 is 4.39 Å². The van der Waals surface area contributed by atoms with Gasteiger partial charge in [0.05, 0.1) is 11.6 Å². The van der Waals surface area contributed by atoms with Crippen molar-refractivity contribution in [3.8, 4) is 28.0 Å². The van der Waals surface area contributed by atoms with Crippen molar-refractivity contribution in [1.82, 2.24) is 0 Å². The summed E-state index contributed by atoms with van der Waals surface area (Å²) >= 11 is 6.44. The van der Waals surface area contributed by atoms with Crippen LogP contribution < -0.4 is 4.74 Å².